The summed E-state index contributed by atoms with van der Waals surface area (Å²) in [6.07, 6.45) is 2.18. The molecule has 0 saturated heterocycles. The number of furan rings is 1. The molecular weight excluding hydrogens is 269 g/mol. The van der Waals surface area contributed by atoms with Crippen molar-refractivity contribution in [1.29, 1.82) is 0 Å². The summed E-state index contributed by atoms with van der Waals surface area (Å²) >= 11 is 0. The van der Waals surface area contributed by atoms with Gasteiger partial charge in [-0.05, 0) is 42.8 Å². The first kappa shape index (κ1) is 15.7. The molecule has 114 valence electrons. The number of hydrogen-bond donors (Lipinski definition) is 1. The maximum absolute atomic E-state index is 12.9. The standard InChI is InChI=1S/C17H22FNO2/c1-3-4-15(12-20-2)19-11-16-9-10-17(21-16)13-5-7-14(18)8-6-13/h5-10,15,19H,3-4,11-12H2,1-2H3. The molecule has 0 bridgehead atoms. The van der Waals surface area contributed by atoms with Crippen LogP contribution in [-0.2, 0) is 11.3 Å². The van der Waals surface area contributed by atoms with Gasteiger partial charge in [0.25, 0.3) is 0 Å². The fourth-order valence-electron chi connectivity index (χ4n) is 2.28. The summed E-state index contributed by atoms with van der Waals surface area (Å²) in [7, 11) is 1.71. The zero-order valence-corrected chi connectivity index (χ0v) is 12.6. The van der Waals surface area contributed by atoms with Crippen LogP contribution in [0.4, 0.5) is 4.39 Å². The van der Waals surface area contributed by atoms with E-state index >= 15 is 0 Å². The Morgan fingerprint density at radius 2 is 1.95 bits per heavy atom. The minimum absolute atomic E-state index is 0.242. The summed E-state index contributed by atoms with van der Waals surface area (Å²) in [6, 6.07) is 10.5. The lowest BCUT2D eigenvalue weighted by Crippen LogP contribution is -2.32. The van der Waals surface area contributed by atoms with Crippen molar-refractivity contribution in [2.75, 3.05) is 13.7 Å². The largest absolute Gasteiger partial charge is 0.460 e. The summed E-state index contributed by atoms with van der Waals surface area (Å²) in [4.78, 5) is 0. The predicted octanol–water partition coefficient (Wildman–Crippen LogP) is 3.99. The highest BCUT2D eigenvalue weighted by atomic mass is 19.1. The van der Waals surface area contributed by atoms with E-state index in [0.717, 1.165) is 29.9 Å². The molecule has 3 nitrogen and oxygen atoms in total. The second kappa shape index (κ2) is 7.96. The highest BCUT2D eigenvalue weighted by Crippen LogP contribution is 2.22. The molecule has 1 aromatic carbocycles. The molecule has 0 aliphatic heterocycles. The van der Waals surface area contributed by atoms with Crippen LogP contribution in [0.25, 0.3) is 11.3 Å². The first-order valence-corrected chi connectivity index (χ1v) is 7.30. The molecule has 2 rings (SSSR count). The van der Waals surface area contributed by atoms with Gasteiger partial charge in [0.2, 0.25) is 0 Å². The molecule has 1 aromatic heterocycles. The van der Waals surface area contributed by atoms with Gasteiger partial charge >= 0.3 is 0 Å². The zero-order chi connectivity index (χ0) is 15.1. The predicted molar refractivity (Wildman–Crippen MR) is 81.5 cm³/mol. The molecule has 1 N–H and O–H groups in total. The number of halogens is 1. The monoisotopic (exact) mass is 291 g/mol. The van der Waals surface area contributed by atoms with Gasteiger partial charge in [0, 0.05) is 18.7 Å². The summed E-state index contributed by atoms with van der Waals surface area (Å²) in [6.45, 7) is 3.51. The summed E-state index contributed by atoms with van der Waals surface area (Å²) < 4.78 is 23.9. The van der Waals surface area contributed by atoms with Crippen LogP contribution in [-0.4, -0.2) is 19.8 Å². The second-order valence-corrected chi connectivity index (χ2v) is 5.09. The van der Waals surface area contributed by atoms with Crippen molar-refractivity contribution in [3.63, 3.8) is 0 Å². The second-order valence-electron chi connectivity index (χ2n) is 5.09. The van der Waals surface area contributed by atoms with Gasteiger partial charge in [-0.15, -0.1) is 0 Å². The van der Waals surface area contributed by atoms with Crippen LogP contribution in [0.5, 0.6) is 0 Å². The third kappa shape index (κ3) is 4.69. The molecule has 21 heavy (non-hydrogen) atoms. The molecule has 1 heterocycles. The van der Waals surface area contributed by atoms with E-state index in [0.29, 0.717) is 19.2 Å². The van der Waals surface area contributed by atoms with Crippen molar-refractivity contribution in [1.82, 2.24) is 5.32 Å². The van der Waals surface area contributed by atoms with Crippen molar-refractivity contribution in [3.8, 4) is 11.3 Å². The van der Waals surface area contributed by atoms with Crippen LogP contribution in [0.15, 0.2) is 40.8 Å². The molecule has 2 aromatic rings. The topological polar surface area (TPSA) is 34.4 Å². The smallest absolute Gasteiger partial charge is 0.134 e. The number of hydrogen-bond acceptors (Lipinski definition) is 3. The number of nitrogens with one attached hydrogen (secondary N) is 1. The first-order valence-electron chi connectivity index (χ1n) is 7.30. The van der Waals surface area contributed by atoms with E-state index in [2.05, 4.69) is 12.2 Å². The van der Waals surface area contributed by atoms with Gasteiger partial charge in [-0.25, -0.2) is 4.39 Å². The molecule has 1 unspecified atom stereocenters. The molecular formula is C17H22FNO2. The molecule has 0 amide bonds. The molecule has 0 aliphatic carbocycles. The van der Waals surface area contributed by atoms with Gasteiger partial charge < -0.3 is 14.5 Å². The normalized spacial score (nSPS) is 12.5. The van der Waals surface area contributed by atoms with Gasteiger partial charge in [-0.2, -0.15) is 0 Å². The van der Waals surface area contributed by atoms with Gasteiger partial charge in [0.1, 0.15) is 17.3 Å². The van der Waals surface area contributed by atoms with Crippen LogP contribution < -0.4 is 5.32 Å². The highest BCUT2D eigenvalue weighted by Gasteiger charge is 2.09. The van der Waals surface area contributed by atoms with E-state index in [1.807, 2.05) is 12.1 Å². The Bertz CT molecular complexity index is 530. The van der Waals surface area contributed by atoms with Crippen molar-refractivity contribution >= 4 is 0 Å². The molecule has 4 heteroatoms. The van der Waals surface area contributed by atoms with Gasteiger partial charge in [-0.3, -0.25) is 0 Å². The average Bonchev–Trinajstić information content (AvgIpc) is 2.95. The highest BCUT2D eigenvalue weighted by molar-refractivity contribution is 5.57. The number of ether oxygens (including phenoxy) is 1. The lowest BCUT2D eigenvalue weighted by molar-refractivity contribution is 0.160. The molecule has 0 fully saturated rings. The van der Waals surface area contributed by atoms with Gasteiger partial charge in [-0.1, -0.05) is 13.3 Å². The molecule has 0 saturated carbocycles. The fourth-order valence-corrected chi connectivity index (χ4v) is 2.28. The third-order valence-corrected chi connectivity index (χ3v) is 3.36. The fraction of sp³-hybridized carbons (Fsp3) is 0.412. The summed E-state index contributed by atoms with van der Waals surface area (Å²) in [5, 5.41) is 3.43. The Morgan fingerprint density at radius 3 is 2.62 bits per heavy atom. The lowest BCUT2D eigenvalue weighted by atomic mass is 10.2. The van der Waals surface area contributed by atoms with E-state index in [1.54, 1.807) is 19.2 Å². The van der Waals surface area contributed by atoms with Crippen LogP contribution in [0, 0.1) is 5.82 Å². The van der Waals surface area contributed by atoms with Crippen LogP contribution in [0.3, 0.4) is 0 Å². The van der Waals surface area contributed by atoms with E-state index in [4.69, 9.17) is 9.15 Å². The average molecular weight is 291 g/mol. The Balaban J connectivity index is 1.95. The number of rotatable bonds is 8. The molecule has 1 atom stereocenters. The minimum Gasteiger partial charge on any atom is -0.460 e. The number of benzene rings is 1. The van der Waals surface area contributed by atoms with E-state index in [-0.39, 0.29) is 5.82 Å². The van der Waals surface area contributed by atoms with Crippen LogP contribution >= 0.6 is 0 Å². The van der Waals surface area contributed by atoms with Crippen LogP contribution in [0.1, 0.15) is 25.5 Å². The Morgan fingerprint density at radius 1 is 1.19 bits per heavy atom. The van der Waals surface area contributed by atoms with Gasteiger partial charge in [0.05, 0.1) is 13.2 Å². The number of methoxy groups -OCH3 is 1. The quantitative estimate of drug-likeness (QED) is 0.798. The Hall–Kier alpha value is -1.65. The van der Waals surface area contributed by atoms with Crippen molar-refractivity contribution in [2.45, 2.75) is 32.4 Å². The summed E-state index contributed by atoms with van der Waals surface area (Å²) in [5.41, 5.74) is 0.879. The van der Waals surface area contributed by atoms with Crippen molar-refractivity contribution in [2.24, 2.45) is 0 Å². The molecule has 0 spiro atoms. The third-order valence-electron chi connectivity index (χ3n) is 3.36. The molecule has 0 aliphatic rings. The lowest BCUT2D eigenvalue weighted by Gasteiger charge is -2.16. The van der Waals surface area contributed by atoms with E-state index < -0.39 is 0 Å². The van der Waals surface area contributed by atoms with Crippen molar-refractivity contribution < 1.29 is 13.5 Å². The van der Waals surface area contributed by atoms with E-state index in [1.165, 1.54) is 12.1 Å². The molecule has 0 radical (unpaired) electrons. The first-order chi connectivity index (χ1) is 10.2. The van der Waals surface area contributed by atoms with E-state index in [9.17, 15) is 4.39 Å². The Labute approximate surface area is 125 Å². The minimum atomic E-state index is -0.242. The Kier molecular flexibility index (Phi) is 5.96. The maximum Gasteiger partial charge on any atom is 0.134 e. The summed E-state index contributed by atoms with van der Waals surface area (Å²) in [5.74, 6) is 1.38. The maximum atomic E-state index is 12.9. The van der Waals surface area contributed by atoms with Crippen LogP contribution in [0.2, 0.25) is 0 Å². The van der Waals surface area contributed by atoms with Crippen molar-refractivity contribution in [3.05, 3.63) is 48.0 Å². The van der Waals surface area contributed by atoms with Gasteiger partial charge in [0.15, 0.2) is 0 Å². The SMILES string of the molecule is CCCC(COC)NCc1ccc(-c2ccc(F)cc2)o1. The zero-order valence-electron chi connectivity index (χ0n) is 12.6.